The van der Waals surface area contributed by atoms with E-state index >= 15 is 0 Å². The quantitative estimate of drug-likeness (QED) is 0.601. The number of rotatable bonds is 0. The van der Waals surface area contributed by atoms with Crippen molar-refractivity contribution in [2.45, 2.75) is 39.2 Å². The van der Waals surface area contributed by atoms with Crippen molar-refractivity contribution in [2.24, 2.45) is 29.6 Å². The maximum Gasteiger partial charge on any atom is 0.0127 e. The summed E-state index contributed by atoms with van der Waals surface area (Å²) in [6, 6.07) is 0.868. The van der Waals surface area contributed by atoms with Crippen LogP contribution in [0, 0.1) is 29.6 Å². The van der Waals surface area contributed by atoms with Crippen LogP contribution in [-0.2, 0) is 0 Å². The van der Waals surface area contributed by atoms with Crippen LogP contribution < -0.4 is 5.32 Å². The van der Waals surface area contributed by atoms with Crippen LogP contribution in [-0.4, -0.2) is 12.6 Å². The lowest BCUT2D eigenvalue weighted by atomic mass is 9.79. The Labute approximate surface area is 81.3 Å². The molecular formula is C12H21N. The molecule has 2 saturated carbocycles. The van der Waals surface area contributed by atoms with Crippen LogP contribution in [0.15, 0.2) is 0 Å². The van der Waals surface area contributed by atoms with E-state index in [1.54, 1.807) is 0 Å². The monoisotopic (exact) mass is 179 g/mol. The zero-order valence-corrected chi connectivity index (χ0v) is 8.79. The third kappa shape index (κ3) is 1.09. The Morgan fingerprint density at radius 1 is 1.08 bits per heavy atom. The number of fused-ring (bicyclic) bond motifs is 1. The van der Waals surface area contributed by atoms with Crippen LogP contribution in [0.2, 0.25) is 0 Å². The summed E-state index contributed by atoms with van der Waals surface area (Å²) >= 11 is 0. The molecule has 6 unspecified atom stereocenters. The first kappa shape index (κ1) is 8.28. The molecular weight excluding hydrogens is 158 g/mol. The molecule has 3 aliphatic rings. The molecule has 1 aliphatic heterocycles. The van der Waals surface area contributed by atoms with Crippen molar-refractivity contribution >= 4 is 0 Å². The van der Waals surface area contributed by atoms with E-state index in [0.717, 1.165) is 35.6 Å². The van der Waals surface area contributed by atoms with Crippen molar-refractivity contribution in [3.63, 3.8) is 0 Å². The lowest BCUT2D eigenvalue weighted by Gasteiger charge is -2.28. The Morgan fingerprint density at radius 2 is 1.92 bits per heavy atom. The van der Waals surface area contributed by atoms with Gasteiger partial charge in [0.15, 0.2) is 0 Å². The lowest BCUT2D eigenvalue weighted by molar-refractivity contribution is 0.248. The third-order valence-corrected chi connectivity index (χ3v) is 5.09. The van der Waals surface area contributed by atoms with Crippen LogP contribution in [0.5, 0.6) is 0 Å². The van der Waals surface area contributed by atoms with E-state index < -0.39 is 0 Å². The minimum Gasteiger partial charge on any atom is -0.313 e. The van der Waals surface area contributed by atoms with Crippen LogP contribution in [0.25, 0.3) is 0 Å². The smallest absolute Gasteiger partial charge is 0.0127 e. The third-order valence-electron chi connectivity index (χ3n) is 5.09. The van der Waals surface area contributed by atoms with Crippen molar-refractivity contribution in [1.82, 2.24) is 5.32 Å². The molecule has 2 aliphatic carbocycles. The van der Waals surface area contributed by atoms with Gasteiger partial charge in [0, 0.05) is 6.04 Å². The lowest BCUT2D eigenvalue weighted by Crippen LogP contribution is -2.35. The highest BCUT2D eigenvalue weighted by Crippen LogP contribution is 2.50. The standard InChI is InChI=1S/C12H21N/c1-7-3-9-4-10-6-13-12(8(7)2)11(10)5-9/h7-13H,3-6H2,1-2H3. The minimum atomic E-state index is 0.868. The second kappa shape index (κ2) is 2.73. The Hall–Kier alpha value is -0.0400. The Morgan fingerprint density at radius 3 is 2.77 bits per heavy atom. The number of hydrogen-bond donors (Lipinski definition) is 1. The fraction of sp³-hybridized carbons (Fsp3) is 1.00. The second-order valence-electron chi connectivity index (χ2n) is 5.77. The van der Waals surface area contributed by atoms with E-state index in [1.165, 1.54) is 25.8 Å². The van der Waals surface area contributed by atoms with Crippen molar-refractivity contribution in [3.05, 3.63) is 0 Å². The summed E-state index contributed by atoms with van der Waals surface area (Å²) in [7, 11) is 0. The van der Waals surface area contributed by atoms with Crippen molar-refractivity contribution in [2.75, 3.05) is 6.54 Å². The highest BCUT2D eigenvalue weighted by Gasteiger charge is 2.48. The van der Waals surface area contributed by atoms with E-state index in [0.29, 0.717) is 0 Å². The predicted molar refractivity (Wildman–Crippen MR) is 54.4 cm³/mol. The Bertz CT molecular complexity index is 211. The van der Waals surface area contributed by atoms with Gasteiger partial charge in [-0.15, -0.1) is 0 Å². The molecule has 0 aromatic rings. The molecule has 0 spiro atoms. The van der Waals surface area contributed by atoms with Crippen molar-refractivity contribution in [3.8, 4) is 0 Å². The summed E-state index contributed by atoms with van der Waals surface area (Å²) in [5.74, 6) is 5.04. The van der Waals surface area contributed by atoms with Gasteiger partial charge in [-0.25, -0.2) is 0 Å². The fourth-order valence-electron chi connectivity index (χ4n) is 4.25. The summed E-state index contributed by atoms with van der Waals surface area (Å²) in [6.07, 6.45) is 4.58. The molecule has 1 heterocycles. The normalized spacial score (nSPS) is 59.5. The summed E-state index contributed by atoms with van der Waals surface area (Å²) < 4.78 is 0. The molecule has 0 radical (unpaired) electrons. The van der Waals surface area contributed by atoms with Gasteiger partial charge in [0.25, 0.3) is 0 Å². The topological polar surface area (TPSA) is 12.0 Å². The summed E-state index contributed by atoms with van der Waals surface area (Å²) in [5.41, 5.74) is 0. The zero-order valence-electron chi connectivity index (χ0n) is 8.79. The van der Waals surface area contributed by atoms with Crippen molar-refractivity contribution < 1.29 is 0 Å². The largest absolute Gasteiger partial charge is 0.313 e. The van der Waals surface area contributed by atoms with Crippen molar-refractivity contribution in [1.29, 1.82) is 0 Å². The van der Waals surface area contributed by atoms with Gasteiger partial charge in [0.05, 0.1) is 0 Å². The summed E-state index contributed by atoms with van der Waals surface area (Å²) in [5, 5.41) is 3.77. The van der Waals surface area contributed by atoms with E-state index in [1.807, 2.05) is 0 Å². The molecule has 1 saturated heterocycles. The van der Waals surface area contributed by atoms with Crippen LogP contribution in [0.3, 0.4) is 0 Å². The van der Waals surface area contributed by atoms with Crippen LogP contribution >= 0.6 is 0 Å². The molecule has 0 amide bonds. The van der Waals surface area contributed by atoms with Gasteiger partial charge in [-0.3, -0.25) is 0 Å². The van der Waals surface area contributed by atoms with Gasteiger partial charge < -0.3 is 5.32 Å². The molecule has 0 aromatic carbocycles. The number of nitrogens with one attached hydrogen (secondary N) is 1. The predicted octanol–water partition coefficient (Wildman–Crippen LogP) is 2.28. The molecule has 3 fully saturated rings. The first-order valence-corrected chi connectivity index (χ1v) is 5.99. The van der Waals surface area contributed by atoms with Gasteiger partial charge in [-0.2, -0.15) is 0 Å². The summed E-state index contributed by atoms with van der Waals surface area (Å²) in [6.45, 7) is 6.24. The molecule has 0 aromatic heterocycles. The van der Waals surface area contributed by atoms with Crippen LogP contribution in [0.1, 0.15) is 33.1 Å². The first-order valence-electron chi connectivity index (χ1n) is 5.99. The second-order valence-corrected chi connectivity index (χ2v) is 5.77. The average Bonchev–Trinajstić information content (AvgIpc) is 2.59. The highest BCUT2D eigenvalue weighted by atomic mass is 15.0. The maximum atomic E-state index is 3.77. The maximum absolute atomic E-state index is 3.77. The van der Waals surface area contributed by atoms with E-state index in [4.69, 9.17) is 0 Å². The van der Waals surface area contributed by atoms with Gasteiger partial charge in [0.1, 0.15) is 0 Å². The fourth-order valence-corrected chi connectivity index (χ4v) is 4.25. The van der Waals surface area contributed by atoms with Gasteiger partial charge in [-0.1, -0.05) is 13.8 Å². The van der Waals surface area contributed by atoms with E-state index in [-0.39, 0.29) is 0 Å². The van der Waals surface area contributed by atoms with Gasteiger partial charge >= 0.3 is 0 Å². The molecule has 74 valence electrons. The molecule has 3 rings (SSSR count). The summed E-state index contributed by atoms with van der Waals surface area (Å²) in [4.78, 5) is 0. The molecule has 1 nitrogen and oxygen atoms in total. The van der Waals surface area contributed by atoms with Gasteiger partial charge in [0.2, 0.25) is 0 Å². The Balaban J connectivity index is 1.91. The van der Waals surface area contributed by atoms with E-state index in [9.17, 15) is 0 Å². The SMILES string of the molecule is CC1CC2CC3CNC(C1C)C3C2. The number of hydrogen-bond acceptors (Lipinski definition) is 1. The Kier molecular flexibility index (Phi) is 1.74. The average molecular weight is 179 g/mol. The molecule has 2 bridgehead atoms. The molecule has 1 heteroatoms. The van der Waals surface area contributed by atoms with E-state index in [2.05, 4.69) is 19.2 Å². The molecule has 1 N–H and O–H groups in total. The van der Waals surface area contributed by atoms with Gasteiger partial charge in [-0.05, 0) is 55.4 Å². The highest BCUT2D eigenvalue weighted by molar-refractivity contribution is 5.02. The molecule has 6 atom stereocenters. The zero-order chi connectivity index (χ0) is 9.00. The van der Waals surface area contributed by atoms with Crippen LogP contribution in [0.4, 0.5) is 0 Å². The molecule has 13 heavy (non-hydrogen) atoms. The first-order chi connectivity index (χ1) is 6.25. The minimum absolute atomic E-state index is 0.868.